The van der Waals surface area contributed by atoms with Crippen molar-refractivity contribution in [3.8, 4) is 0 Å². The molecule has 0 fully saturated rings. The molecular weight excluding hydrogens is 221 g/mol. The summed E-state index contributed by atoms with van der Waals surface area (Å²) in [6.07, 6.45) is -3.51. The third-order valence-electron chi connectivity index (χ3n) is 2.26. The van der Waals surface area contributed by atoms with Gasteiger partial charge >= 0.3 is 6.18 Å². The highest BCUT2D eigenvalue weighted by Crippen LogP contribution is 2.11. The maximum Gasteiger partial charge on any atom is 0.405 e. The highest BCUT2D eigenvalue weighted by Gasteiger charge is 2.27. The third-order valence-corrected chi connectivity index (χ3v) is 2.26. The van der Waals surface area contributed by atoms with Crippen LogP contribution in [0.3, 0.4) is 0 Å². The standard InChI is InChI=1S/C10H19F3N2O/c1-4-8(7(2)3)14-5-9(16)15-6-10(11,12)13/h7-8,14H,4-6H2,1-3H3,(H,15,16). The molecule has 0 radical (unpaired) electrons. The van der Waals surface area contributed by atoms with Crippen LogP contribution < -0.4 is 10.6 Å². The highest BCUT2D eigenvalue weighted by atomic mass is 19.4. The Morgan fingerprint density at radius 2 is 1.88 bits per heavy atom. The van der Waals surface area contributed by atoms with Gasteiger partial charge in [-0.05, 0) is 12.3 Å². The summed E-state index contributed by atoms with van der Waals surface area (Å²) < 4.78 is 35.3. The SMILES string of the molecule is CCC(NCC(=O)NCC(F)(F)F)C(C)C. The molecule has 0 aromatic rings. The van der Waals surface area contributed by atoms with Crippen molar-refractivity contribution in [1.29, 1.82) is 0 Å². The zero-order chi connectivity index (χ0) is 12.8. The maximum absolute atomic E-state index is 11.8. The van der Waals surface area contributed by atoms with E-state index in [1.165, 1.54) is 0 Å². The molecule has 0 saturated heterocycles. The van der Waals surface area contributed by atoms with Crippen molar-refractivity contribution in [3.05, 3.63) is 0 Å². The topological polar surface area (TPSA) is 41.1 Å². The monoisotopic (exact) mass is 240 g/mol. The van der Waals surface area contributed by atoms with E-state index in [-0.39, 0.29) is 12.6 Å². The number of hydrogen-bond donors (Lipinski definition) is 2. The molecule has 0 bridgehead atoms. The van der Waals surface area contributed by atoms with E-state index < -0.39 is 18.6 Å². The molecule has 0 saturated carbocycles. The van der Waals surface area contributed by atoms with E-state index in [0.29, 0.717) is 5.92 Å². The Labute approximate surface area is 93.8 Å². The van der Waals surface area contributed by atoms with Crippen LogP contribution in [-0.4, -0.2) is 31.2 Å². The number of alkyl halides is 3. The van der Waals surface area contributed by atoms with Crippen LogP contribution in [0.5, 0.6) is 0 Å². The van der Waals surface area contributed by atoms with Crippen molar-refractivity contribution < 1.29 is 18.0 Å². The lowest BCUT2D eigenvalue weighted by Gasteiger charge is -2.20. The maximum atomic E-state index is 11.8. The molecule has 0 rings (SSSR count). The van der Waals surface area contributed by atoms with Crippen LogP contribution in [0.4, 0.5) is 13.2 Å². The Balaban J connectivity index is 3.80. The minimum atomic E-state index is -4.35. The number of halogens is 3. The van der Waals surface area contributed by atoms with E-state index in [2.05, 4.69) is 5.32 Å². The van der Waals surface area contributed by atoms with Crippen molar-refractivity contribution in [2.75, 3.05) is 13.1 Å². The van der Waals surface area contributed by atoms with Gasteiger partial charge in [0.25, 0.3) is 0 Å². The molecule has 1 atom stereocenters. The van der Waals surface area contributed by atoms with Crippen LogP contribution in [0.2, 0.25) is 0 Å². The molecular formula is C10H19F3N2O. The summed E-state index contributed by atoms with van der Waals surface area (Å²) in [5.41, 5.74) is 0. The van der Waals surface area contributed by atoms with Crippen LogP contribution in [0.25, 0.3) is 0 Å². The van der Waals surface area contributed by atoms with E-state index in [4.69, 9.17) is 0 Å². The first kappa shape index (κ1) is 15.2. The molecule has 6 heteroatoms. The second-order valence-corrected chi connectivity index (χ2v) is 4.03. The molecule has 0 spiro atoms. The van der Waals surface area contributed by atoms with Crippen LogP contribution >= 0.6 is 0 Å². The zero-order valence-electron chi connectivity index (χ0n) is 9.82. The second kappa shape index (κ2) is 6.73. The molecule has 1 unspecified atom stereocenters. The predicted molar refractivity (Wildman–Crippen MR) is 56.0 cm³/mol. The molecule has 0 aliphatic carbocycles. The van der Waals surface area contributed by atoms with Crippen molar-refractivity contribution in [2.24, 2.45) is 5.92 Å². The summed E-state index contributed by atoms with van der Waals surface area (Å²) in [4.78, 5) is 11.1. The molecule has 0 aliphatic rings. The lowest BCUT2D eigenvalue weighted by atomic mass is 10.0. The fourth-order valence-electron chi connectivity index (χ4n) is 1.34. The molecule has 2 N–H and O–H groups in total. The minimum absolute atomic E-state index is 0.0766. The summed E-state index contributed by atoms with van der Waals surface area (Å²) in [7, 11) is 0. The minimum Gasteiger partial charge on any atom is -0.346 e. The molecule has 0 aromatic heterocycles. The number of carbonyl (C=O) groups excluding carboxylic acids is 1. The Morgan fingerprint density at radius 3 is 2.25 bits per heavy atom. The predicted octanol–water partition coefficient (Wildman–Crippen LogP) is 1.69. The van der Waals surface area contributed by atoms with Gasteiger partial charge in [0.2, 0.25) is 5.91 Å². The highest BCUT2D eigenvalue weighted by molar-refractivity contribution is 5.78. The molecule has 0 aromatic carbocycles. The normalized spacial score (nSPS) is 13.9. The summed E-state index contributed by atoms with van der Waals surface area (Å²) in [5, 5.41) is 4.74. The number of amides is 1. The summed E-state index contributed by atoms with van der Waals surface area (Å²) in [5.74, 6) is -0.281. The summed E-state index contributed by atoms with van der Waals surface area (Å²) >= 11 is 0. The molecule has 0 heterocycles. The van der Waals surface area contributed by atoms with Gasteiger partial charge in [0, 0.05) is 6.04 Å². The molecule has 1 amide bonds. The fraction of sp³-hybridized carbons (Fsp3) is 0.900. The quantitative estimate of drug-likeness (QED) is 0.741. The first-order valence-electron chi connectivity index (χ1n) is 5.33. The first-order chi connectivity index (χ1) is 7.26. The van der Waals surface area contributed by atoms with Gasteiger partial charge in [0.1, 0.15) is 6.54 Å². The van der Waals surface area contributed by atoms with Crippen LogP contribution in [-0.2, 0) is 4.79 Å². The third kappa shape index (κ3) is 7.50. The Morgan fingerprint density at radius 1 is 1.31 bits per heavy atom. The number of hydrogen-bond acceptors (Lipinski definition) is 2. The second-order valence-electron chi connectivity index (χ2n) is 4.03. The van der Waals surface area contributed by atoms with E-state index in [1.54, 1.807) is 0 Å². The number of rotatable bonds is 6. The lowest BCUT2D eigenvalue weighted by molar-refractivity contribution is -0.138. The Bertz CT molecular complexity index is 217. The number of carbonyl (C=O) groups is 1. The molecule has 0 aliphatic heterocycles. The van der Waals surface area contributed by atoms with Gasteiger partial charge in [-0.1, -0.05) is 20.8 Å². The van der Waals surface area contributed by atoms with E-state index in [1.807, 2.05) is 26.1 Å². The average Bonchev–Trinajstić information content (AvgIpc) is 2.14. The van der Waals surface area contributed by atoms with Gasteiger partial charge in [-0.2, -0.15) is 13.2 Å². The van der Waals surface area contributed by atoms with Gasteiger partial charge in [-0.3, -0.25) is 4.79 Å². The fourth-order valence-corrected chi connectivity index (χ4v) is 1.34. The van der Waals surface area contributed by atoms with E-state index >= 15 is 0 Å². The van der Waals surface area contributed by atoms with Crippen LogP contribution in [0, 0.1) is 5.92 Å². The number of nitrogens with one attached hydrogen (secondary N) is 2. The van der Waals surface area contributed by atoms with Gasteiger partial charge in [-0.25, -0.2) is 0 Å². The Hall–Kier alpha value is -0.780. The molecule has 96 valence electrons. The first-order valence-corrected chi connectivity index (χ1v) is 5.33. The van der Waals surface area contributed by atoms with E-state index in [9.17, 15) is 18.0 Å². The van der Waals surface area contributed by atoms with Gasteiger partial charge in [0.05, 0.1) is 6.54 Å². The average molecular weight is 240 g/mol. The summed E-state index contributed by atoms with van der Waals surface area (Å²) in [6, 6.07) is 0.150. The largest absolute Gasteiger partial charge is 0.405 e. The van der Waals surface area contributed by atoms with E-state index in [0.717, 1.165) is 6.42 Å². The smallest absolute Gasteiger partial charge is 0.346 e. The molecule has 3 nitrogen and oxygen atoms in total. The van der Waals surface area contributed by atoms with Gasteiger partial charge < -0.3 is 10.6 Å². The molecule has 16 heavy (non-hydrogen) atoms. The summed E-state index contributed by atoms with van der Waals surface area (Å²) in [6.45, 7) is 4.60. The van der Waals surface area contributed by atoms with Gasteiger partial charge in [-0.15, -0.1) is 0 Å². The van der Waals surface area contributed by atoms with Crippen molar-refractivity contribution in [3.63, 3.8) is 0 Å². The van der Waals surface area contributed by atoms with Gasteiger partial charge in [0.15, 0.2) is 0 Å². The van der Waals surface area contributed by atoms with Crippen LogP contribution in [0.15, 0.2) is 0 Å². The zero-order valence-corrected chi connectivity index (χ0v) is 9.82. The van der Waals surface area contributed by atoms with Crippen molar-refractivity contribution in [2.45, 2.75) is 39.4 Å². The van der Waals surface area contributed by atoms with Crippen molar-refractivity contribution >= 4 is 5.91 Å². The van der Waals surface area contributed by atoms with Crippen LogP contribution in [0.1, 0.15) is 27.2 Å². The lowest BCUT2D eigenvalue weighted by Crippen LogP contribution is -2.43. The van der Waals surface area contributed by atoms with Crippen molar-refractivity contribution in [1.82, 2.24) is 10.6 Å². The Kier molecular flexibility index (Phi) is 6.40.